The van der Waals surface area contributed by atoms with Crippen molar-refractivity contribution >= 4 is 11.8 Å². The highest BCUT2D eigenvalue weighted by molar-refractivity contribution is 5.97. The van der Waals surface area contributed by atoms with E-state index in [0.29, 0.717) is 38.5 Å². The molecule has 0 atom stereocenters. The molecule has 0 bridgehead atoms. The van der Waals surface area contributed by atoms with Crippen molar-refractivity contribution in [2.24, 2.45) is 5.92 Å². The predicted molar refractivity (Wildman–Crippen MR) is 73.7 cm³/mol. The number of hydrogen-bond donors (Lipinski definition) is 1. The van der Waals surface area contributed by atoms with E-state index in [1.54, 1.807) is 4.90 Å². The monoisotopic (exact) mass is 270 g/mol. The van der Waals surface area contributed by atoms with Crippen molar-refractivity contribution in [1.29, 1.82) is 0 Å². The highest BCUT2D eigenvalue weighted by atomic mass is 16.5. The molecule has 1 aliphatic rings. The molecule has 1 saturated heterocycles. The summed E-state index contributed by atoms with van der Waals surface area (Å²) in [6, 6.07) is 0. The van der Waals surface area contributed by atoms with E-state index in [9.17, 15) is 9.59 Å². The molecular formula is C14H26N2O3. The Balaban J connectivity index is 2.57. The summed E-state index contributed by atoms with van der Waals surface area (Å²) in [6.07, 6.45) is 1.24. The molecule has 0 radical (unpaired) electrons. The van der Waals surface area contributed by atoms with Crippen LogP contribution in [0.4, 0.5) is 0 Å². The van der Waals surface area contributed by atoms with Gasteiger partial charge in [0.1, 0.15) is 5.54 Å². The summed E-state index contributed by atoms with van der Waals surface area (Å²) in [6.45, 7) is 9.83. The van der Waals surface area contributed by atoms with Gasteiger partial charge in [-0.3, -0.25) is 9.59 Å². The van der Waals surface area contributed by atoms with Gasteiger partial charge < -0.3 is 15.0 Å². The average Bonchev–Trinajstić information content (AvgIpc) is 2.38. The maximum Gasteiger partial charge on any atom is 0.248 e. The molecule has 1 N–H and O–H groups in total. The summed E-state index contributed by atoms with van der Waals surface area (Å²) in [5, 5.41) is 2.85. The van der Waals surface area contributed by atoms with Crippen LogP contribution in [0.1, 0.15) is 40.5 Å². The van der Waals surface area contributed by atoms with Gasteiger partial charge in [-0.1, -0.05) is 27.7 Å². The topological polar surface area (TPSA) is 58.6 Å². The Hall–Kier alpha value is -1.10. The van der Waals surface area contributed by atoms with Crippen LogP contribution >= 0.6 is 0 Å². The summed E-state index contributed by atoms with van der Waals surface area (Å²) in [5.41, 5.74) is -0.715. The Morgan fingerprint density at radius 3 is 2.47 bits per heavy atom. The fourth-order valence-corrected chi connectivity index (χ4v) is 2.31. The Morgan fingerprint density at radius 1 is 1.32 bits per heavy atom. The molecule has 1 fully saturated rings. The van der Waals surface area contributed by atoms with Crippen molar-refractivity contribution in [3.63, 3.8) is 0 Å². The zero-order valence-electron chi connectivity index (χ0n) is 12.5. The van der Waals surface area contributed by atoms with E-state index in [4.69, 9.17) is 4.74 Å². The van der Waals surface area contributed by atoms with E-state index in [2.05, 4.69) is 19.2 Å². The zero-order valence-corrected chi connectivity index (χ0v) is 12.5. The van der Waals surface area contributed by atoms with Crippen LogP contribution in [-0.2, 0) is 14.3 Å². The number of ether oxygens (including phenoxy) is 1. The first-order valence-corrected chi connectivity index (χ1v) is 7.13. The fraction of sp³-hybridized carbons (Fsp3) is 0.857. The summed E-state index contributed by atoms with van der Waals surface area (Å²) < 4.78 is 5.49. The molecule has 5 nitrogen and oxygen atoms in total. The zero-order chi connectivity index (χ0) is 14.5. The number of nitrogens with zero attached hydrogens (tertiary/aromatic N) is 1. The molecule has 0 unspecified atom stereocenters. The van der Waals surface area contributed by atoms with Crippen molar-refractivity contribution in [1.82, 2.24) is 10.2 Å². The smallest absolute Gasteiger partial charge is 0.248 e. The number of nitrogens with one attached hydrogen (secondary N) is 1. The molecule has 0 aromatic heterocycles. The molecule has 0 aromatic rings. The molecule has 110 valence electrons. The van der Waals surface area contributed by atoms with E-state index < -0.39 is 5.54 Å². The lowest BCUT2D eigenvalue weighted by Gasteiger charge is -2.41. The minimum Gasteiger partial charge on any atom is -0.379 e. The van der Waals surface area contributed by atoms with Gasteiger partial charge in [0.25, 0.3) is 0 Å². The van der Waals surface area contributed by atoms with Crippen LogP contribution in [0.25, 0.3) is 0 Å². The minimum atomic E-state index is -0.715. The lowest BCUT2D eigenvalue weighted by atomic mass is 9.89. The van der Waals surface area contributed by atoms with E-state index in [-0.39, 0.29) is 18.4 Å². The summed E-state index contributed by atoms with van der Waals surface area (Å²) >= 11 is 0. The normalized spacial score (nSPS) is 18.9. The van der Waals surface area contributed by atoms with Crippen LogP contribution < -0.4 is 5.32 Å². The van der Waals surface area contributed by atoms with Gasteiger partial charge in [-0.15, -0.1) is 0 Å². The van der Waals surface area contributed by atoms with Crippen molar-refractivity contribution in [3.8, 4) is 0 Å². The molecule has 1 aliphatic heterocycles. The largest absolute Gasteiger partial charge is 0.379 e. The van der Waals surface area contributed by atoms with Gasteiger partial charge in [-0.2, -0.15) is 0 Å². The van der Waals surface area contributed by atoms with E-state index in [1.807, 2.05) is 13.8 Å². The third kappa shape index (κ3) is 3.93. The SMILES string of the molecule is CCC1(CC)NC(=O)CN(CCOCC(C)C)C1=O. The van der Waals surface area contributed by atoms with E-state index in [0.717, 1.165) is 0 Å². The number of piperazine rings is 1. The summed E-state index contributed by atoms with van der Waals surface area (Å²) in [4.78, 5) is 25.8. The predicted octanol–water partition coefficient (Wildman–Crippen LogP) is 1.18. The maximum atomic E-state index is 12.4. The third-order valence-electron chi connectivity index (χ3n) is 3.57. The second-order valence-corrected chi connectivity index (χ2v) is 5.53. The Bertz CT molecular complexity index is 325. The lowest BCUT2D eigenvalue weighted by Crippen LogP contribution is -2.66. The molecule has 1 heterocycles. The number of rotatable bonds is 7. The van der Waals surface area contributed by atoms with Gasteiger partial charge in [0, 0.05) is 13.2 Å². The average molecular weight is 270 g/mol. The van der Waals surface area contributed by atoms with Crippen molar-refractivity contribution < 1.29 is 14.3 Å². The van der Waals surface area contributed by atoms with E-state index in [1.165, 1.54) is 0 Å². The first-order chi connectivity index (χ1) is 8.95. The van der Waals surface area contributed by atoms with Gasteiger partial charge in [-0.25, -0.2) is 0 Å². The van der Waals surface area contributed by atoms with Crippen LogP contribution in [0.3, 0.4) is 0 Å². The third-order valence-corrected chi connectivity index (χ3v) is 3.57. The number of carbonyl (C=O) groups is 2. The van der Waals surface area contributed by atoms with Gasteiger partial charge in [0.2, 0.25) is 11.8 Å². The van der Waals surface area contributed by atoms with Gasteiger partial charge in [0.05, 0.1) is 13.2 Å². The standard InChI is InChI=1S/C14H26N2O3/c1-5-14(6-2)13(18)16(9-12(17)15-14)7-8-19-10-11(3)4/h11H,5-10H2,1-4H3,(H,15,17). The van der Waals surface area contributed by atoms with Crippen LogP contribution in [0, 0.1) is 5.92 Å². The van der Waals surface area contributed by atoms with Crippen LogP contribution in [-0.4, -0.2) is 48.6 Å². The van der Waals surface area contributed by atoms with E-state index >= 15 is 0 Å². The van der Waals surface area contributed by atoms with Crippen molar-refractivity contribution in [2.75, 3.05) is 26.3 Å². The molecular weight excluding hydrogens is 244 g/mol. The first-order valence-electron chi connectivity index (χ1n) is 7.13. The molecule has 0 aliphatic carbocycles. The molecule has 0 spiro atoms. The molecule has 19 heavy (non-hydrogen) atoms. The van der Waals surface area contributed by atoms with Crippen molar-refractivity contribution in [2.45, 2.75) is 46.1 Å². The second-order valence-electron chi connectivity index (χ2n) is 5.53. The Morgan fingerprint density at radius 2 is 1.95 bits per heavy atom. The quantitative estimate of drug-likeness (QED) is 0.707. The van der Waals surface area contributed by atoms with Crippen molar-refractivity contribution in [3.05, 3.63) is 0 Å². The molecule has 5 heteroatoms. The minimum absolute atomic E-state index is 0.0187. The highest BCUT2D eigenvalue weighted by Gasteiger charge is 2.43. The number of amides is 2. The molecule has 0 saturated carbocycles. The fourth-order valence-electron chi connectivity index (χ4n) is 2.31. The van der Waals surface area contributed by atoms with Gasteiger partial charge in [-0.05, 0) is 18.8 Å². The van der Waals surface area contributed by atoms with Crippen LogP contribution in [0.5, 0.6) is 0 Å². The van der Waals surface area contributed by atoms with Gasteiger partial charge >= 0.3 is 0 Å². The number of hydrogen-bond acceptors (Lipinski definition) is 3. The van der Waals surface area contributed by atoms with Crippen LogP contribution in [0.15, 0.2) is 0 Å². The molecule has 0 aromatic carbocycles. The van der Waals surface area contributed by atoms with Gasteiger partial charge in [0.15, 0.2) is 0 Å². The second kappa shape index (κ2) is 6.89. The first kappa shape index (κ1) is 16.0. The lowest BCUT2D eigenvalue weighted by molar-refractivity contribution is -0.151. The molecule has 2 amide bonds. The Labute approximate surface area is 115 Å². The highest BCUT2D eigenvalue weighted by Crippen LogP contribution is 2.21. The van der Waals surface area contributed by atoms with Crippen LogP contribution in [0.2, 0.25) is 0 Å². The Kier molecular flexibility index (Phi) is 5.79. The maximum absolute atomic E-state index is 12.4. The summed E-state index contributed by atoms with van der Waals surface area (Å²) in [5.74, 6) is 0.420. The molecule has 1 rings (SSSR count). The number of carbonyl (C=O) groups excluding carboxylic acids is 2. The summed E-state index contributed by atoms with van der Waals surface area (Å²) in [7, 11) is 0.